The topological polar surface area (TPSA) is 78.4 Å². The molecule has 0 saturated carbocycles. The summed E-state index contributed by atoms with van der Waals surface area (Å²) in [6, 6.07) is 3.56. The molecule has 1 amide bonds. The predicted octanol–water partition coefficient (Wildman–Crippen LogP) is 0.548. The first-order valence-electron chi connectivity index (χ1n) is 5.89. The molecule has 3 N–H and O–H groups in total. The van der Waals surface area contributed by atoms with Crippen molar-refractivity contribution in [1.82, 2.24) is 15.6 Å². The van der Waals surface area contributed by atoms with Crippen molar-refractivity contribution in [2.75, 3.05) is 37.5 Å². The van der Waals surface area contributed by atoms with Gasteiger partial charge in [-0.3, -0.25) is 14.8 Å². The Morgan fingerprint density at radius 3 is 2.95 bits per heavy atom. The second-order valence-electron chi connectivity index (χ2n) is 3.64. The maximum atomic E-state index is 11.7. The summed E-state index contributed by atoms with van der Waals surface area (Å²) in [6.45, 7) is 0.971. The van der Waals surface area contributed by atoms with E-state index in [0.717, 1.165) is 12.3 Å². The Balaban J connectivity index is 2.29. The summed E-state index contributed by atoms with van der Waals surface area (Å²) in [5, 5.41) is 8.80. The number of aromatic nitrogens is 1. The molecule has 19 heavy (non-hydrogen) atoms. The number of thioether (sulfide) groups is 1. The summed E-state index contributed by atoms with van der Waals surface area (Å²) in [4.78, 5) is 19.6. The number of aliphatic imine (C=N–C) groups is 1. The molecule has 0 spiro atoms. The number of hydrogen-bond acceptors (Lipinski definition) is 4. The van der Waals surface area contributed by atoms with Crippen LogP contribution < -0.4 is 16.0 Å². The van der Waals surface area contributed by atoms with E-state index in [2.05, 4.69) is 25.9 Å². The Bertz CT molecular complexity index is 410. The maximum Gasteiger partial charge on any atom is 0.243 e. The summed E-state index contributed by atoms with van der Waals surface area (Å²) < 4.78 is 0. The molecule has 0 aliphatic heterocycles. The van der Waals surface area contributed by atoms with Gasteiger partial charge in [0.25, 0.3) is 0 Å². The predicted molar refractivity (Wildman–Crippen MR) is 80.6 cm³/mol. The molecule has 104 valence electrons. The third-order valence-corrected chi connectivity index (χ3v) is 2.80. The Kier molecular flexibility index (Phi) is 7.41. The first kappa shape index (κ1) is 15.3. The van der Waals surface area contributed by atoms with E-state index < -0.39 is 0 Å². The van der Waals surface area contributed by atoms with Crippen LogP contribution in [0.5, 0.6) is 0 Å². The monoisotopic (exact) mass is 281 g/mol. The van der Waals surface area contributed by atoms with Crippen molar-refractivity contribution >= 4 is 29.3 Å². The van der Waals surface area contributed by atoms with Gasteiger partial charge in [-0.15, -0.1) is 0 Å². The number of anilines is 1. The molecule has 0 aromatic carbocycles. The minimum absolute atomic E-state index is 0.138. The van der Waals surface area contributed by atoms with Crippen molar-refractivity contribution in [2.24, 2.45) is 4.99 Å². The smallest absolute Gasteiger partial charge is 0.243 e. The van der Waals surface area contributed by atoms with Crippen LogP contribution in [0, 0.1) is 0 Å². The van der Waals surface area contributed by atoms with Gasteiger partial charge in [0.1, 0.15) is 0 Å². The Morgan fingerprint density at radius 1 is 1.47 bits per heavy atom. The van der Waals surface area contributed by atoms with E-state index in [-0.39, 0.29) is 12.5 Å². The number of rotatable bonds is 6. The van der Waals surface area contributed by atoms with E-state index in [4.69, 9.17) is 0 Å². The van der Waals surface area contributed by atoms with Gasteiger partial charge >= 0.3 is 0 Å². The van der Waals surface area contributed by atoms with Crippen LogP contribution >= 0.6 is 11.8 Å². The highest BCUT2D eigenvalue weighted by Crippen LogP contribution is 2.01. The second kappa shape index (κ2) is 9.21. The van der Waals surface area contributed by atoms with E-state index in [9.17, 15) is 4.79 Å². The molecule has 0 unspecified atom stereocenters. The zero-order valence-electron chi connectivity index (χ0n) is 11.1. The third kappa shape index (κ3) is 6.66. The second-order valence-corrected chi connectivity index (χ2v) is 4.62. The van der Waals surface area contributed by atoms with Crippen molar-refractivity contribution in [3.63, 3.8) is 0 Å². The number of carbonyl (C=O) groups excluding carboxylic acids is 1. The normalized spacial score (nSPS) is 10.9. The summed E-state index contributed by atoms with van der Waals surface area (Å²) in [6.07, 6.45) is 5.30. The summed E-state index contributed by atoms with van der Waals surface area (Å²) in [5.41, 5.74) is 0.680. The standard InChI is InChI=1S/C12H19N5OS/c1-13-12(15-6-7-19-2)16-9-11(18)17-10-4-3-5-14-8-10/h3-5,8H,6-7,9H2,1-2H3,(H,17,18)(H2,13,15,16). The van der Waals surface area contributed by atoms with Crippen LogP contribution in [0.25, 0.3) is 0 Å². The molecule has 0 radical (unpaired) electrons. The molecule has 1 aromatic heterocycles. The lowest BCUT2D eigenvalue weighted by Gasteiger charge is -2.11. The molecule has 1 heterocycles. The van der Waals surface area contributed by atoms with Crippen LogP contribution in [0.4, 0.5) is 5.69 Å². The van der Waals surface area contributed by atoms with Crippen LogP contribution in [0.1, 0.15) is 0 Å². The van der Waals surface area contributed by atoms with E-state index in [0.29, 0.717) is 11.6 Å². The quantitative estimate of drug-likeness (QED) is 0.403. The maximum absolute atomic E-state index is 11.7. The molecule has 0 fully saturated rings. The van der Waals surface area contributed by atoms with Crippen molar-refractivity contribution in [3.8, 4) is 0 Å². The minimum Gasteiger partial charge on any atom is -0.356 e. The molecule has 6 nitrogen and oxygen atoms in total. The van der Waals surface area contributed by atoms with E-state index >= 15 is 0 Å². The van der Waals surface area contributed by atoms with Crippen LogP contribution in [0.15, 0.2) is 29.5 Å². The average Bonchev–Trinajstić information content (AvgIpc) is 2.44. The molecule has 1 rings (SSSR count). The fourth-order valence-electron chi connectivity index (χ4n) is 1.30. The molecule has 0 saturated heterocycles. The van der Waals surface area contributed by atoms with Gasteiger partial charge in [0.05, 0.1) is 18.4 Å². The summed E-state index contributed by atoms with van der Waals surface area (Å²) in [7, 11) is 1.67. The number of nitrogens with one attached hydrogen (secondary N) is 3. The van der Waals surface area contributed by atoms with Crippen LogP contribution in [0.3, 0.4) is 0 Å². The number of amides is 1. The van der Waals surface area contributed by atoms with Crippen LogP contribution in [0.2, 0.25) is 0 Å². The SMILES string of the molecule is CN=C(NCCSC)NCC(=O)Nc1cccnc1. The number of nitrogens with zero attached hydrogens (tertiary/aromatic N) is 2. The van der Waals surface area contributed by atoms with E-state index in [1.54, 1.807) is 43.3 Å². The molecule has 0 atom stereocenters. The fourth-order valence-corrected chi connectivity index (χ4v) is 1.60. The molecule has 0 aliphatic rings. The molecule has 7 heteroatoms. The molecule has 0 aliphatic carbocycles. The first-order valence-corrected chi connectivity index (χ1v) is 7.29. The van der Waals surface area contributed by atoms with E-state index in [1.807, 2.05) is 6.26 Å². The minimum atomic E-state index is -0.138. The summed E-state index contributed by atoms with van der Waals surface area (Å²) >= 11 is 1.75. The van der Waals surface area contributed by atoms with Gasteiger partial charge in [-0.2, -0.15) is 11.8 Å². The molecular formula is C12H19N5OS. The largest absolute Gasteiger partial charge is 0.356 e. The Hall–Kier alpha value is -1.76. The van der Waals surface area contributed by atoms with Crippen molar-refractivity contribution in [3.05, 3.63) is 24.5 Å². The van der Waals surface area contributed by atoms with Crippen molar-refractivity contribution < 1.29 is 4.79 Å². The lowest BCUT2D eigenvalue weighted by atomic mass is 10.4. The van der Waals surface area contributed by atoms with Crippen LogP contribution in [-0.2, 0) is 4.79 Å². The lowest BCUT2D eigenvalue weighted by molar-refractivity contribution is -0.115. The highest BCUT2D eigenvalue weighted by molar-refractivity contribution is 7.98. The van der Waals surface area contributed by atoms with Crippen molar-refractivity contribution in [1.29, 1.82) is 0 Å². The van der Waals surface area contributed by atoms with Crippen LogP contribution in [-0.4, -0.2) is 49.0 Å². The van der Waals surface area contributed by atoms with Gasteiger partial charge in [0.2, 0.25) is 5.91 Å². The molecule has 1 aromatic rings. The molecule has 0 bridgehead atoms. The third-order valence-electron chi connectivity index (χ3n) is 2.18. The zero-order chi connectivity index (χ0) is 13.9. The van der Waals surface area contributed by atoms with Gasteiger partial charge in [-0.1, -0.05) is 0 Å². The Morgan fingerprint density at radius 2 is 2.32 bits per heavy atom. The zero-order valence-corrected chi connectivity index (χ0v) is 12.0. The number of guanidine groups is 1. The van der Waals surface area contributed by atoms with Gasteiger partial charge in [-0.05, 0) is 18.4 Å². The number of carbonyl (C=O) groups is 1. The van der Waals surface area contributed by atoms with Gasteiger partial charge in [0.15, 0.2) is 5.96 Å². The van der Waals surface area contributed by atoms with Gasteiger partial charge in [0, 0.05) is 25.5 Å². The fraction of sp³-hybridized carbons (Fsp3) is 0.417. The summed E-state index contributed by atoms with van der Waals surface area (Å²) in [5.74, 6) is 1.47. The van der Waals surface area contributed by atoms with Crippen molar-refractivity contribution in [2.45, 2.75) is 0 Å². The number of pyridine rings is 1. The average molecular weight is 281 g/mol. The van der Waals surface area contributed by atoms with Gasteiger partial charge in [-0.25, -0.2) is 0 Å². The number of hydrogen-bond donors (Lipinski definition) is 3. The van der Waals surface area contributed by atoms with E-state index in [1.165, 1.54) is 0 Å². The molecular weight excluding hydrogens is 262 g/mol. The highest BCUT2D eigenvalue weighted by Gasteiger charge is 2.03. The highest BCUT2D eigenvalue weighted by atomic mass is 32.2. The van der Waals surface area contributed by atoms with Gasteiger partial charge < -0.3 is 16.0 Å². The lowest BCUT2D eigenvalue weighted by Crippen LogP contribution is -2.42. The first-order chi connectivity index (χ1) is 9.26. The Labute approximate surface area is 117 Å².